The number of anilines is 1. The fraction of sp³-hybridized carbons (Fsp3) is 0.231. The predicted molar refractivity (Wildman–Crippen MR) is 78.2 cm³/mol. The first-order valence-corrected chi connectivity index (χ1v) is 7.05. The topological polar surface area (TPSA) is 72.0 Å². The molecule has 4 nitrogen and oxygen atoms in total. The molecular formula is C13H11BrClN3O. The van der Waals surface area contributed by atoms with Crippen LogP contribution in [0.25, 0.3) is 11.4 Å². The highest BCUT2D eigenvalue weighted by Gasteiger charge is 2.29. The molecule has 3 N–H and O–H groups in total. The van der Waals surface area contributed by atoms with Gasteiger partial charge in [0, 0.05) is 11.5 Å². The fourth-order valence-electron chi connectivity index (χ4n) is 1.88. The highest BCUT2D eigenvalue weighted by Crippen LogP contribution is 2.44. The van der Waals surface area contributed by atoms with E-state index in [1.807, 2.05) is 0 Å². The molecule has 0 amide bonds. The molecule has 0 saturated heterocycles. The maximum atomic E-state index is 9.44. The SMILES string of the molecule is Nc1nc(-c2ccc(O)c(Cl)c2)nc(C2CC2)c1Br. The molecule has 0 aliphatic heterocycles. The summed E-state index contributed by atoms with van der Waals surface area (Å²) in [6, 6.07) is 4.88. The van der Waals surface area contributed by atoms with Gasteiger partial charge in [-0.3, -0.25) is 0 Å². The Morgan fingerprint density at radius 3 is 2.68 bits per heavy atom. The first-order valence-electron chi connectivity index (χ1n) is 5.88. The molecule has 98 valence electrons. The Balaban J connectivity index is 2.11. The number of phenols is 1. The predicted octanol–water partition coefficient (Wildman–Crippen LogP) is 3.72. The number of phenolic OH excluding ortho intramolecular Hbond substituents is 1. The van der Waals surface area contributed by atoms with Crippen LogP contribution in [0, 0.1) is 0 Å². The Bertz CT molecular complexity index is 659. The number of nitrogen functional groups attached to an aromatic ring is 1. The van der Waals surface area contributed by atoms with E-state index in [4.69, 9.17) is 17.3 Å². The monoisotopic (exact) mass is 339 g/mol. The van der Waals surface area contributed by atoms with E-state index >= 15 is 0 Å². The number of nitrogens with two attached hydrogens (primary N) is 1. The second-order valence-electron chi connectivity index (χ2n) is 4.57. The number of aromatic hydroxyl groups is 1. The summed E-state index contributed by atoms with van der Waals surface area (Å²) in [6.07, 6.45) is 2.26. The van der Waals surface area contributed by atoms with Crippen LogP contribution < -0.4 is 5.73 Å². The minimum Gasteiger partial charge on any atom is -0.506 e. The van der Waals surface area contributed by atoms with Crippen molar-refractivity contribution in [3.8, 4) is 17.1 Å². The Labute approximate surface area is 123 Å². The number of halogens is 2. The van der Waals surface area contributed by atoms with Gasteiger partial charge in [-0.25, -0.2) is 9.97 Å². The molecule has 1 aliphatic rings. The maximum Gasteiger partial charge on any atom is 0.161 e. The van der Waals surface area contributed by atoms with Crippen LogP contribution in [0.5, 0.6) is 5.75 Å². The van der Waals surface area contributed by atoms with Crippen LogP contribution in [0.3, 0.4) is 0 Å². The van der Waals surface area contributed by atoms with Crippen molar-refractivity contribution in [1.82, 2.24) is 9.97 Å². The fourth-order valence-corrected chi connectivity index (χ4v) is 2.57. The molecule has 0 unspecified atom stereocenters. The van der Waals surface area contributed by atoms with Gasteiger partial charge < -0.3 is 10.8 Å². The van der Waals surface area contributed by atoms with E-state index in [0.29, 0.717) is 17.6 Å². The van der Waals surface area contributed by atoms with Crippen molar-refractivity contribution in [2.45, 2.75) is 18.8 Å². The van der Waals surface area contributed by atoms with Crippen molar-refractivity contribution in [2.75, 3.05) is 5.73 Å². The first-order chi connectivity index (χ1) is 9.06. The number of benzene rings is 1. The molecule has 1 aromatic carbocycles. The summed E-state index contributed by atoms with van der Waals surface area (Å²) >= 11 is 9.34. The average molecular weight is 341 g/mol. The highest BCUT2D eigenvalue weighted by atomic mass is 79.9. The molecule has 0 atom stereocenters. The van der Waals surface area contributed by atoms with Gasteiger partial charge in [0.1, 0.15) is 11.6 Å². The van der Waals surface area contributed by atoms with Crippen LogP contribution in [-0.2, 0) is 0 Å². The molecule has 0 bridgehead atoms. The zero-order valence-corrected chi connectivity index (χ0v) is 12.2. The van der Waals surface area contributed by atoms with Crippen molar-refractivity contribution >= 4 is 33.3 Å². The molecule has 1 heterocycles. The molecule has 0 spiro atoms. The van der Waals surface area contributed by atoms with Crippen LogP contribution >= 0.6 is 27.5 Å². The third-order valence-electron chi connectivity index (χ3n) is 3.07. The summed E-state index contributed by atoms with van der Waals surface area (Å²) in [5, 5.41) is 9.71. The Hall–Kier alpha value is -1.33. The van der Waals surface area contributed by atoms with E-state index < -0.39 is 0 Å². The summed E-state index contributed by atoms with van der Waals surface area (Å²) in [5.41, 5.74) is 7.60. The van der Waals surface area contributed by atoms with Gasteiger partial charge in [0.25, 0.3) is 0 Å². The molecule has 1 aliphatic carbocycles. The van der Waals surface area contributed by atoms with Crippen LogP contribution in [0.15, 0.2) is 22.7 Å². The van der Waals surface area contributed by atoms with Crippen molar-refractivity contribution in [1.29, 1.82) is 0 Å². The van der Waals surface area contributed by atoms with Gasteiger partial charge in [0.05, 0.1) is 15.2 Å². The lowest BCUT2D eigenvalue weighted by atomic mass is 10.2. The lowest BCUT2D eigenvalue weighted by Crippen LogP contribution is -2.02. The largest absolute Gasteiger partial charge is 0.506 e. The first kappa shape index (κ1) is 12.7. The van der Waals surface area contributed by atoms with E-state index in [-0.39, 0.29) is 10.8 Å². The molecule has 2 aromatic rings. The van der Waals surface area contributed by atoms with Gasteiger partial charge in [-0.05, 0) is 47.0 Å². The Kier molecular flexibility index (Phi) is 3.11. The molecular weight excluding hydrogens is 330 g/mol. The molecule has 1 fully saturated rings. The number of hydrogen-bond donors (Lipinski definition) is 2. The van der Waals surface area contributed by atoms with Gasteiger partial charge in [-0.2, -0.15) is 0 Å². The minimum atomic E-state index is 0.0397. The third kappa shape index (κ3) is 2.40. The summed E-state index contributed by atoms with van der Waals surface area (Å²) in [5.74, 6) is 1.46. The van der Waals surface area contributed by atoms with Crippen molar-refractivity contribution < 1.29 is 5.11 Å². The Morgan fingerprint density at radius 1 is 1.32 bits per heavy atom. The van der Waals surface area contributed by atoms with Crippen molar-refractivity contribution in [3.63, 3.8) is 0 Å². The number of nitrogens with zero attached hydrogens (tertiary/aromatic N) is 2. The van der Waals surface area contributed by atoms with Crippen molar-refractivity contribution in [3.05, 3.63) is 33.4 Å². The number of aromatic nitrogens is 2. The van der Waals surface area contributed by atoms with E-state index in [2.05, 4.69) is 25.9 Å². The molecule has 1 saturated carbocycles. The van der Waals surface area contributed by atoms with E-state index in [1.165, 1.54) is 6.07 Å². The molecule has 3 rings (SSSR count). The standard InChI is InChI=1S/C13H11BrClN3O/c14-10-11(6-1-2-6)17-13(18-12(10)16)7-3-4-9(19)8(15)5-7/h3-6,19H,1-2H2,(H2,16,17,18). The van der Waals surface area contributed by atoms with Crippen LogP contribution in [0.4, 0.5) is 5.82 Å². The minimum absolute atomic E-state index is 0.0397. The van der Waals surface area contributed by atoms with Gasteiger partial charge in [0.15, 0.2) is 5.82 Å². The smallest absolute Gasteiger partial charge is 0.161 e. The van der Waals surface area contributed by atoms with Crippen molar-refractivity contribution in [2.24, 2.45) is 0 Å². The van der Waals surface area contributed by atoms with Crippen LogP contribution in [0.1, 0.15) is 24.5 Å². The van der Waals surface area contributed by atoms with Gasteiger partial charge in [-0.1, -0.05) is 11.6 Å². The van der Waals surface area contributed by atoms with E-state index in [9.17, 15) is 5.11 Å². The number of hydrogen-bond acceptors (Lipinski definition) is 4. The van der Waals surface area contributed by atoms with Crippen LogP contribution in [0.2, 0.25) is 5.02 Å². The average Bonchev–Trinajstić information content (AvgIpc) is 3.20. The zero-order valence-electron chi connectivity index (χ0n) is 9.90. The summed E-state index contributed by atoms with van der Waals surface area (Å²) < 4.78 is 0.781. The quantitative estimate of drug-likeness (QED) is 0.874. The van der Waals surface area contributed by atoms with Gasteiger partial charge in [0.2, 0.25) is 0 Å². The summed E-state index contributed by atoms with van der Waals surface area (Å²) in [7, 11) is 0. The van der Waals surface area contributed by atoms with Gasteiger partial charge >= 0.3 is 0 Å². The maximum absolute atomic E-state index is 9.44. The second-order valence-corrected chi connectivity index (χ2v) is 5.77. The lowest BCUT2D eigenvalue weighted by Gasteiger charge is -2.09. The normalized spacial score (nSPS) is 14.6. The molecule has 0 radical (unpaired) electrons. The zero-order chi connectivity index (χ0) is 13.6. The van der Waals surface area contributed by atoms with Gasteiger partial charge in [-0.15, -0.1) is 0 Å². The molecule has 1 aromatic heterocycles. The molecule has 6 heteroatoms. The van der Waals surface area contributed by atoms with Crippen LogP contribution in [-0.4, -0.2) is 15.1 Å². The Morgan fingerprint density at radius 2 is 2.05 bits per heavy atom. The molecule has 19 heavy (non-hydrogen) atoms. The van der Waals surface area contributed by atoms with E-state index in [1.54, 1.807) is 12.1 Å². The lowest BCUT2D eigenvalue weighted by molar-refractivity contribution is 0.475. The second kappa shape index (κ2) is 4.65. The van der Waals surface area contributed by atoms with E-state index in [0.717, 1.165) is 28.6 Å². The summed E-state index contributed by atoms with van der Waals surface area (Å²) in [6.45, 7) is 0. The third-order valence-corrected chi connectivity index (χ3v) is 4.19. The highest BCUT2D eigenvalue weighted by molar-refractivity contribution is 9.10. The summed E-state index contributed by atoms with van der Waals surface area (Å²) in [4.78, 5) is 8.82. The number of rotatable bonds is 2.